The Labute approximate surface area is 154 Å². The van der Waals surface area contributed by atoms with Gasteiger partial charge >= 0.3 is 0 Å². The summed E-state index contributed by atoms with van der Waals surface area (Å²) in [6.07, 6.45) is 0.317. The van der Waals surface area contributed by atoms with Crippen LogP contribution in [-0.2, 0) is 16.1 Å². The number of carbonyl (C=O) groups is 2. The number of amides is 2. The number of hydrogen-bond acceptors (Lipinski definition) is 5. The molecule has 1 aromatic rings. The molecule has 1 unspecified atom stereocenters. The Hall–Kier alpha value is -2.12. The van der Waals surface area contributed by atoms with Crippen molar-refractivity contribution in [1.82, 2.24) is 14.7 Å². The minimum absolute atomic E-state index is 0.0564. The molecule has 7 nitrogen and oxygen atoms in total. The van der Waals surface area contributed by atoms with Gasteiger partial charge in [-0.15, -0.1) is 0 Å². The van der Waals surface area contributed by atoms with Crippen LogP contribution in [0.2, 0.25) is 0 Å². The lowest BCUT2D eigenvalue weighted by molar-refractivity contribution is -0.137. The first-order chi connectivity index (χ1) is 12.6. The van der Waals surface area contributed by atoms with E-state index in [1.807, 2.05) is 29.2 Å². The Morgan fingerprint density at radius 1 is 1.19 bits per heavy atom. The van der Waals surface area contributed by atoms with E-state index in [-0.39, 0.29) is 17.7 Å². The summed E-state index contributed by atoms with van der Waals surface area (Å²) >= 11 is 0. The molecule has 142 valence electrons. The van der Waals surface area contributed by atoms with Crippen LogP contribution in [-0.4, -0.2) is 79.4 Å². The second-order valence-electron chi connectivity index (χ2n) is 6.98. The largest absolute Gasteiger partial charge is 0.497 e. The van der Waals surface area contributed by atoms with Crippen LogP contribution in [0, 0.1) is 5.92 Å². The van der Waals surface area contributed by atoms with Crippen molar-refractivity contribution in [2.24, 2.45) is 11.7 Å². The van der Waals surface area contributed by atoms with E-state index in [0.717, 1.165) is 44.0 Å². The Morgan fingerprint density at radius 3 is 2.50 bits per heavy atom. The van der Waals surface area contributed by atoms with Crippen molar-refractivity contribution in [2.75, 3.05) is 52.9 Å². The van der Waals surface area contributed by atoms with Gasteiger partial charge < -0.3 is 20.3 Å². The summed E-state index contributed by atoms with van der Waals surface area (Å²) in [4.78, 5) is 31.1. The molecule has 2 aliphatic heterocycles. The molecule has 1 aromatic carbocycles. The van der Waals surface area contributed by atoms with Gasteiger partial charge in [-0.05, 0) is 17.7 Å². The molecule has 7 heteroatoms. The van der Waals surface area contributed by atoms with E-state index in [9.17, 15) is 9.59 Å². The van der Waals surface area contributed by atoms with Gasteiger partial charge in [0.2, 0.25) is 11.8 Å². The van der Waals surface area contributed by atoms with E-state index in [1.165, 1.54) is 0 Å². The van der Waals surface area contributed by atoms with Crippen LogP contribution < -0.4 is 10.5 Å². The number of ether oxygens (including phenoxy) is 1. The summed E-state index contributed by atoms with van der Waals surface area (Å²) in [6, 6.07) is 7.69. The Kier molecular flexibility index (Phi) is 6.11. The fraction of sp³-hybridized carbons (Fsp3) is 0.579. The molecular formula is C19H28N4O3. The molecule has 3 rings (SSSR count). The molecule has 2 N–H and O–H groups in total. The molecule has 0 spiro atoms. The predicted molar refractivity (Wildman–Crippen MR) is 98.6 cm³/mol. The molecule has 0 bridgehead atoms. The summed E-state index contributed by atoms with van der Waals surface area (Å²) in [6.45, 7) is 5.73. The molecule has 0 radical (unpaired) electrons. The van der Waals surface area contributed by atoms with Gasteiger partial charge in [0.15, 0.2) is 0 Å². The average molecular weight is 360 g/mol. The molecule has 2 amide bonds. The third-order valence-corrected chi connectivity index (χ3v) is 5.23. The second kappa shape index (κ2) is 8.51. The number of likely N-dealkylation sites (tertiary alicyclic amines) is 1. The first-order valence-electron chi connectivity index (χ1n) is 9.22. The quantitative estimate of drug-likeness (QED) is 0.781. The Morgan fingerprint density at radius 2 is 1.88 bits per heavy atom. The minimum atomic E-state index is -0.221. The lowest BCUT2D eigenvalue weighted by Gasteiger charge is -2.35. The van der Waals surface area contributed by atoms with Crippen molar-refractivity contribution in [2.45, 2.75) is 13.0 Å². The van der Waals surface area contributed by atoms with Crippen LogP contribution >= 0.6 is 0 Å². The van der Waals surface area contributed by atoms with Crippen molar-refractivity contribution in [3.63, 3.8) is 0 Å². The average Bonchev–Trinajstić information content (AvgIpc) is 3.03. The summed E-state index contributed by atoms with van der Waals surface area (Å²) in [5.41, 5.74) is 6.64. The van der Waals surface area contributed by atoms with Crippen LogP contribution in [0.5, 0.6) is 5.75 Å². The van der Waals surface area contributed by atoms with E-state index >= 15 is 0 Å². The molecule has 26 heavy (non-hydrogen) atoms. The first kappa shape index (κ1) is 18.7. The molecule has 0 aromatic heterocycles. The first-order valence-corrected chi connectivity index (χ1v) is 9.22. The Balaban J connectivity index is 1.53. The molecule has 2 aliphatic rings. The number of piperazine rings is 1. The molecule has 1 atom stereocenters. The van der Waals surface area contributed by atoms with Crippen molar-refractivity contribution in [1.29, 1.82) is 0 Å². The maximum absolute atomic E-state index is 12.8. The number of carbonyl (C=O) groups excluding carboxylic acids is 2. The van der Waals surface area contributed by atoms with E-state index < -0.39 is 0 Å². The highest BCUT2D eigenvalue weighted by molar-refractivity contribution is 5.89. The number of benzene rings is 1. The fourth-order valence-corrected chi connectivity index (χ4v) is 3.67. The van der Waals surface area contributed by atoms with E-state index in [2.05, 4.69) is 4.90 Å². The van der Waals surface area contributed by atoms with Crippen molar-refractivity contribution in [3.05, 3.63) is 29.8 Å². The van der Waals surface area contributed by atoms with Gasteiger partial charge in [-0.1, -0.05) is 12.1 Å². The summed E-state index contributed by atoms with van der Waals surface area (Å²) in [5, 5.41) is 0. The van der Waals surface area contributed by atoms with Crippen LogP contribution in [0.15, 0.2) is 24.3 Å². The maximum atomic E-state index is 12.8. The molecule has 0 saturated carbocycles. The number of nitrogens with two attached hydrogens (primary N) is 1. The zero-order valence-corrected chi connectivity index (χ0v) is 15.4. The van der Waals surface area contributed by atoms with Crippen LogP contribution in [0.25, 0.3) is 0 Å². The predicted octanol–water partition coefficient (Wildman–Crippen LogP) is 0.147. The zero-order chi connectivity index (χ0) is 18.5. The molecule has 2 saturated heterocycles. The monoisotopic (exact) mass is 360 g/mol. The van der Waals surface area contributed by atoms with Gasteiger partial charge in [-0.2, -0.15) is 0 Å². The standard InChI is InChI=1S/C19H28N4O3/c1-26-17-4-2-15(3-5-17)13-23-14-16(12-18(23)24)19(25)22-10-8-21(7-6-20)9-11-22/h2-5,16H,6-14,20H2,1H3. The molecule has 2 fully saturated rings. The van der Waals surface area contributed by atoms with Crippen LogP contribution in [0.4, 0.5) is 0 Å². The number of hydrogen-bond donors (Lipinski definition) is 1. The third kappa shape index (κ3) is 4.34. The second-order valence-corrected chi connectivity index (χ2v) is 6.98. The summed E-state index contributed by atoms with van der Waals surface area (Å²) in [7, 11) is 1.63. The van der Waals surface area contributed by atoms with Gasteiger partial charge in [0.05, 0.1) is 13.0 Å². The molecule has 0 aliphatic carbocycles. The highest BCUT2D eigenvalue weighted by Crippen LogP contribution is 2.23. The fourth-order valence-electron chi connectivity index (χ4n) is 3.67. The summed E-state index contributed by atoms with van der Waals surface area (Å²) < 4.78 is 5.16. The van der Waals surface area contributed by atoms with Gasteiger partial charge in [-0.3, -0.25) is 14.5 Å². The van der Waals surface area contributed by atoms with Gasteiger partial charge in [0.25, 0.3) is 0 Å². The maximum Gasteiger partial charge on any atom is 0.228 e. The normalized spacial score (nSPS) is 21.3. The highest BCUT2D eigenvalue weighted by Gasteiger charge is 2.37. The molecule has 2 heterocycles. The number of nitrogens with zero attached hydrogens (tertiary/aromatic N) is 3. The van der Waals surface area contributed by atoms with Gasteiger partial charge in [0, 0.05) is 58.8 Å². The third-order valence-electron chi connectivity index (χ3n) is 5.23. The van der Waals surface area contributed by atoms with E-state index in [1.54, 1.807) is 12.0 Å². The SMILES string of the molecule is COc1ccc(CN2CC(C(=O)N3CCN(CCN)CC3)CC2=O)cc1. The van der Waals surface area contributed by atoms with E-state index in [4.69, 9.17) is 10.5 Å². The van der Waals surface area contributed by atoms with Gasteiger partial charge in [0.1, 0.15) is 5.75 Å². The minimum Gasteiger partial charge on any atom is -0.497 e. The van der Waals surface area contributed by atoms with E-state index in [0.29, 0.717) is 26.1 Å². The highest BCUT2D eigenvalue weighted by atomic mass is 16.5. The zero-order valence-electron chi connectivity index (χ0n) is 15.4. The topological polar surface area (TPSA) is 79.1 Å². The number of rotatable bonds is 6. The van der Waals surface area contributed by atoms with Crippen LogP contribution in [0.1, 0.15) is 12.0 Å². The van der Waals surface area contributed by atoms with Gasteiger partial charge in [-0.25, -0.2) is 0 Å². The Bertz CT molecular complexity index is 626. The van der Waals surface area contributed by atoms with Crippen LogP contribution in [0.3, 0.4) is 0 Å². The van der Waals surface area contributed by atoms with Crippen molar-refractivity contribution in [3.8, 4) is 5.75 Å². The number of methoxy groups -OCH3 is 1. The lowest BCUT2D eigenvalue weighted by atomic mass is 10.1. The summed E-state index contributed by atoms with van der Waals surface area (Å²) in [5.74, 6) is 0.744. The van der Waals surface area contributed by atoms with Crippen molar-refractivity contribution >= 4 is 11.8 Å². The lowest BCUT2D eigenvalue weighted by Crippen LogP contribution is -2.51. The van der Waals surface area contributed by atoms with Crippen molar-refractivity contribution < 1.29 is 14.3 Å². The smallest absolute Gasteiger partial charge is 0.228 e. The molecular weight excluding hydrogens is 332 g/mol.